The molecule has 1 aromatic rings. The van der Waals surface area contributed by atoms with Gasteiger partial charge in [-0.25, -0.2) is 0 Å². The van der Waals surface area contributed by atoms with Gasteiger partial charge in [-0.3, -0.25) is 4.98 Å². The Labute approximate surface area is 109 Å². The van der Waals surface area contributed by atoms with Crippen LogP contribution >= 0.6 is 0 Å². The van der Waals surface area contributed by atoms with Crippen molar-refractivity contribution in [1.82, 2.24) is 9.88 Å². The Kier molecular flexibility index (Phi) is 4.55. The van der Waals surface area contributed by atoms with Crippen LogP contribution in [0.1, 0.15) is 24.7 Å². The van der Waals surface area contributed by atoms with E-state index in [1.807, 2.05) is 26.2 Å². The van der Waals surface area contributed by atoms with Gasteiger partial charge in [0.15, 0.2) is 0 Å². The fourth-order valence-corrected chi connectivity index (χ4v) is 2.04. The smallest absolute Gasteiger partial charge is 0.142 e. The summed E-state index contributed by atoms with van der Waals surface area (Å²) in [4.78, 5) is 6.78. The molecule has 0 N–H and O–H groups in total. The normalized spacial score (nSPS) is 19.4. The summed E-state index contributed by atoms with van der Waals surface area (Å²) in [5, 5.41) is 0. The van der Waals surface area contributed by atoms with E-state index >= 15 is 0 Å². The fraction of sp³-hybridized carbons (Fsp3) is 0.643. The third kappa shape index (κ3) is 3.43. The van der Waals surface area contributed by atoms with Gasteiger partial charge in [0.05, 0.1) is 18.9 Å². The Hall–Kier alpha value is -1.13. The Morgan fingerprint density at radius 1 is 1.44 bits per heavy atom. The van der Waals surface area contributed by atoms with E-state index in [1.165, 1.54) is 0 Å². The topological polar surface area (TPSA) is 34.6 Å². The SMILES string of the molecule is CCc1ccc(O[C@@H]2CCOC2)c(CN(C)C)n1. The molecule has 1 aromatic heterocycles. The lowest BCUT2D eigenvalue weighted by atomic mass is 10.2. The zero-order chi connectivity index (χ0) is 13.0. The highest BCUT2D eigenvalue weighted by molar-refractivity contribution is 5.30. The first-order valence-corrected chi connectivity index (χ1v) is 6.57. The highest BCUT2D eigenvalue weighted by atomic mass is 16.5. The largest absolute Gasteiger partial charge is 0.486 e. The second kappa shape index (κ2) is 6.16. The molecule has 0 saturated carbocycles. The minimum Gasteiger partial charge on any atom is -0.486 e. The molecule has 0 aromatic carbocycles. The summed E-state index contributed by atoms with van der Waals surface area (Å²) in [6, 6.07) is 4.09. The minimum absolute atomic E-state index is 0.181. The maximum atomic E-state index is 5.99. The van der Waals surface area contributed by atoms with E-state index < -0.39 is 0 Å². The first-order valence-electron chi connectivity index (χ1n) is 6.57. The minimum atomic E-state index is 0.181. The summed E-state index contributed by atoms with van der Waals surface area (Å²) in [6.07, 6.45) is 2.10. The lowest BCUT2D eigenvalue weighted by Gasteiger charge is -2.18. The second-order valence-corrected chi connectivity index (χ2v) is 4.94. The van der Waals surface area contributed by atoms with Gasteiger partial charge in [0.1, 0.15) is 11.9 Å². The number of aryl methyl sites for hydroxylation is 1. The van der Waals surface area contributed by atoms with E-state index in [9.17, 15) is 0 Å². The molecular weight excluding hydrogens is 228 g/mol. The van der Waals surface area contributed by atoms with E-state index in [0.717, 1.165) is 43.1 Å². The third-order valence-corrected chi connectivity index (χ3v) is 3.00. The first-order chi connectivity index (χ1) is 8.69. The van der Waals surface area contributed by atoms with Gasteiger partial charge in [-0.2, -0.15) is 0 Å². The molecule has 0 radical (unpaired) electrons. The average Bonchev–Trinajstić information content (AvgIpc) is 2.83. The molecule has 4 heteroatoms. The van der Waals surface area contributed by atoms with Crippen molar-refractivity contribution < 1.29 is 9.47 Å². The molecule has 2 heterocycles. The molecule has 1 atom stereocenters. The molecule has 1 aliphatic rings. The van der Waals surface area contributed by atoms with Crippen LogP contribution in [0.4, 0.5) is 0 Å². The van der Waals surface area contributed by atoms with Gasteiger partial charge in [0.2, 0.25) is 0 Å². The molecule has 18 heavy (non-hydrogen) atoms. The van der Waals surface area contributed by atoms with Crippen LogP contribution in [0.25, 0.3) is 0 Å². The molecule has 1 aliphatic heterocycles. The van der Waals surface area contributed by atoms with Crippen molar-refractivity contribution in [3.63, 3.8) is 0 Å². The average molecular weight is 250 g/mol. The van der Waals surface area contributed by atoms with Crippen LogP contribution in [0.15, 0.2) is 12.1 Å². The summed E-state index contributed by atoms with van der Waals surface area (Å²) >= 11 is 0. The Bertz CT molecular complexity index is 387. The number of hydrogen-bond donors (Lipinski definition) is 0. The van der Waals surface area contributed by atoms with E-state index in [4.69, 9.17) is 9.47 Å². The van der Waals surface area contributed by atoms with Gasteiger partial charge in [0.25, 0.3) is 0 Å². The van der Waals surface area contributed by atoms with Crippen LogP contribution in [0.5, 0.6) is 5.75 Å². The molecular formula is C14H22N2O2. The first kappa shape index (κ1) is 13.3. The van der Waals surface area contributed by atoms with Crippen LogP contribution in [0, 0.1) is 0 Å². The molecule has 0 bridgehead atoms. The molecule has 1 fully saturated rings. The maximum absolute atomic E-state index is 5.99. The molecule has 0 spiro atoms. The van der Waals surface area contributed by atoms with E-state index in [1.54, 1.807) is 0 Å². The quantitative estimate of drug-likeness (QED) is 0.799. The Morgan fingerprint density at radius 3 is 2.89 bits per heavy atom. The van der Waals surface area contributed by atoms with E-state index in [-0.39, 0.29) is 6.10 Å². The van der Waals surface area contributed by atoms with E-state index in [2.05, 4.69) is 16.8 Å². The predicted molar refractivity (Wildman–Crippen MR) is 70.9 cm³/mol. The monoisotopic (exact) mass is 250 g/mol. The highest BCUT2D eigenvalue weighted by Crippen LogP contribution is 2.22. The van der Waals surface area contributed by atoms with Crippen molar-refractivity contribution in [3.05, 3.63) is 23.5 Å². The van der Waals surface area contributed by atoms with Crippen molar-refractivity contribution in [2.45, 2.75) is 32.4 Å². The van der Waals surface area contributed by atoms with Gasteiger partial charge in [-0.1, -0.05) is 6.92 Å². The lowest BCUT2D eigenvalue weighted by molar-refractivity contribution is 0.139. The van der Waals surface area contributed by atoms with Gasteiger partial charge >= 0.3 is 0 Å². The van der Waals surface area contributed by atoms with Crippen LogP contribution < -0.4 is 4.74 Å². The van der Waals surface area contributed by atoms with Crippen LogP contribution in [0.2, 0.25) is 0 Å². The summed E-state index contributed by atoms with van der Waals surface area (Å²) in [6.45, 7) is 4.41. The van der Waals surface area contributed by atoms with Crippen LogP contribution in [-0.4, -0.2) is 43.3 Å². The van der Waals surface area contributed by atoms with Gasteiger partial charge in [-0.15, -0.1) is 0 Å². The molecule has 0 aliphatic carbocycles. The summed E-state index contributed by atoms with van der Waals surface area (Å²) < 4.78 is 11.3. The number of ether oxygens (including phenoxy) is 2. The van der Waals surface area contributed by atoms with E-state index in [0.29, 0.717) is 6.61 Å². The Balaban J connectivity index is 2.15. The van der Waals surface area contributed by atoms with Gasteiger partial charge < -0.3 is 14.4 Å². The molecule has 4 nitrogen and oxygen atoms in total. The van der Waals surface area contributed by atoms with Crippen LogP contribution in [0.3, 0.4) is 0 Å². The fourth-order valence-electron chi connectivity index (χ4n) is 2.04. The number of aromatic nitrogens is 1. The lowest BCUT2D eigenvalue weighted by Crippen LogP contribution is -2.19. The Morgan fingerprint density at radius 2 is 2.28 bits per heavy atom. The molecule has 0 unspecified atom stereocenters. The highest BCUT2D eigenvalue weighted by Gasteiger charge is 2.19. The van der Waals surface area contributed by atoms with Crippen molar-refractivity contribution in [1.29, 1.82) is 0 Å². The molecule has 0 amide bonds. The number of nitrogens with zero attached hydrogens (tertiary/aromatic N) is 2. The number of hydrogen-bond acceptors (Lipinski definition) is 4. The summed E-state index contributed by atoms with van der Waals surface area (Å²) in [5.74, 6) is 0.899. The van der Waals surface area contributed by atoms with Crippen molar-refractivity contribution in [3.8, 4) is 5.75 Å². The number of rotatable bonds is 5. The van der Waals surface area contributed by atoms with Crippen molar-refractivity contribution in [2.75, 3.05) is 27.3 Å². The van der Waals surface area contributed by atoms with Gasteiger partial charge in [-0.05, 0) is 32.6 Å². The standard InChI is InChI=1S/C14H22N2O2/c1-4-11-5-6-14(13(15-11)9-16(2)3)18-12-7-8-17-10-12/h5-6,12H,4,7-10H2,1-3H3/t12-/m1/s1. The zero-order valence-corrected chi connectivity index (χ0v) is 11.5. The third-order valence-electron chi connectivity index (χ3n) is 3.00. The predicted octanol–water partition coefficient (Wildman–Crippen LogP) is 1.87. The van der Waals surface area contributed by atoms with Gasteiger partial charge in [0, 0.05) is 18.7 Å². The molecule has 100 valence electrons. The second-order valence-electron chi connectivity index (χ2n) is 4.94. The maximum Gasteiger partial charge on any atom is 0.142 e. The van der Waals surface area contributed by atoms with Crippen molar-refractivity contribution in [2.24, 2.45) is 0 Å². The summed E-state index contributed by atoms with van der Waals surface area (Å²) in [5.41, 5.74) is 2.13. The van der Waals surface area contributed by atoms with Crippen molar-refractivity contribution >= 4 is 0 Å². The van der Waals surface area contributed by atoms with Crippen LogP contribution in [-0.2, 0) is 17.7 Å². The molecule has 1 saturated heterocycles. The number of pyridine rings is 1. The molecule has 2 rings (SSSR count). The summed E-state index contributed by atoms with van der Waals surface area (Å²) in [7, 11) is 4.09. The zero-order valence-electron chi connectivity index (χ0n) is 11.5.